The summed E-state index contributed by atoms with van der Waals surface area (Å²) in [6.45, 7) is 3.00. The summed E-state index contributed by atoms with van der Waals surface area (Å²) in [5.41, 5.74) is 0. The van der Waals surface area contributed by atoms with E-state index in [1.54, 1.807) is 11.8 Å². The summed E-state index contributed by atoms with van der Waals surface area (Å²) in [7, 11) is 0. The Balaban J connectivity index is 1.93. The van der Waals surface area contributed by atoms with Crippen LogP contribution in [0.2, 0.25) is 0 Å². The Morgan fingerprint density at radius 3 is 3.25 bits per heavy atom. The van der Waals surface area contributed by atoms with Gasteiger partial charge in [0.05, 0.1) is 0 Å². The van der Waals surface area contributed by atoms with E-state index >= 15 is 0 Å². The van der Waals surface area contributed by atoms with Gasteiger partial charge in [-0.3, -0.25) is 4.79 Å². The van der Waals surface area contributed by atoms with Gasteiger partial charge >= 0.3 is 0 Å². The molecule has 0 bridgehead atoms. The van der Waals surface area contributed by atoms with E-state index in [4.69, 9.17) is 0 Å². The van der Waals surface area contributed by atoms with Crippen molar-refractivity contribution < 1.29 is 4.79 Å². The van der Waals surface area contributed by atoms with E-state index in [0.29, 0.717) is 6.42 Å². The van der Waals surface area contributed by atoms with Gasteiger partial charge in [-0.1, -0.05) is 25.1 Å². The molecule has 0 spiro atoms. The molecule has 6 heteroatoms. The second-order valence-electron chi connectivity index (χ2n) is 3.68. The van der Waals surface area contributed by atoms with Gasteiger partial charge in [-0.2, -0.15) is 10.1 Å². The molecule has 4 nitrogen and oxygen atoms in total. The Hall–Kier alpha value is -0.490. The smallest absolute Gasteiger partial charge is 0.248 e. The minimum absolute atomic E-state index is 0.0139. The van der Waals surface area contributed by atoms with E-state index < -0.39 is 0 Å². The Kier molecular flexibility index (Phi) is 4.29. The zero-order valence-electron chi connectivity index (χ0n) is 9.31. The predicted molar refractivity (Wildman–Crippen MR) is 70.8 cm³/mol. The number of fused-ring (bicyclic) bond motifs is 1. The molecule has 0 atom stereocenters. The molecule has 2 aliphatic rings. The molecule has 0 fully saturated rings. The second-order valence-corrected chi connectivity index (χ2v) is 5.98. The van der Waals surface area contributed by atoms with Gasteiger partial charge in [0, 0.05) is 18.7 Å². The topological polar surface area (TPSA) is 45.0 Å². The summed E-state index contributed by atoms with van der Waals surface area (Å²) in [6, 6.07) is 0. The third-order valence-electron chi connectivity index (χ3n) is 2.31. The lowest BCUT2D eigenvalue weighted by atomic mass is 10.3. The maximum Gasteiger partial charge on any atom is 0.248 e. The number of amidine groups is 1. The average molecular weight is 257 g/mol. The van der Waals surface area contributed by atoms with Crippen molar-refractivity contribution in [2.45, 2.75) is 32.6 Å². The lowest BCUT2D eigenvalue weighted by molar-refractivity contribution is -0.117. The van der Waals surface area contributed by atoms with Crippen molar-refractivity contribution in [1.29, 1.82) is 0 Å². The van der Waals surface area contributed by atoms with Crippen molar-refractivity contribution in [2.75, 3.05) is 12.3 Å². The number of carbonyl (C=O) groups is 1. The van der Waals surface area contributed by atoms with Crippen LogP contribution in [-0.4, -0.2) is 32.8 Å². The molecule has 0 saturated carbocycles. The fourth-order valence-corrected chi connectivity index (χ4v) is 3.58. The average Bonchev–Trinajstić information content (AvgIpc) is 2.53. The van der Waals surface area contributed by atoms with Crippen LogP contribution in [0.5, 0.6) is 0 Å². The Morgan fingerprint density at radius 1 is 1.56 bits per heavy atom. The third kappa shape index (κ3) is 3.01. The Bertz CT molecular complexity index is 341. The molecule has 0 N–H and O–H groups in total. The predicted octanol–water partition coefficient (Wildman–Crippen LogP) is 2.52. The van der Waals surface area contributed by atoms with Crippen molar-refractivity contribution in [3.05, 3.63) is 0 Å². The number of hydrogen-bond donors (Lipinski definition) is 0. The fourth-order valence-electron chi connectivity index (χ4n) is 1.42. The molecule has 16 heavy (non-hydrogen) atoms. The largest absolute Gasteiger partial charge is 0.273 e. The van der Waals surface area contributed by atoms with Gasteiger partial charge < -0.3 is 0 Å². The van der Waals surface area contributed by atoms with Crippen LogP contribution in [0.3, 0.4) is 0 Å². The van der Waals surface area contributed by atoms with E-state index in [1.807, 2.05) is 5.01 Å². The first-order valence-corrected chi connectivity index (χ1v) is 7.38. The van der Waals surface area contributed by atoms with Gasteiger partial charge in [0.1, 0.15) is 0 Å². The molecular weight excluding hydrogens is 242 g/mol. The molecule has 0 saturated heterocycles. The molecule has 0 aromatic carbocycles. The fraction of sp³-hybridized carbons (Fsp3) is 0.700. The highest BCUT2D eigenvalue weighted by Gasteiger charge is 2.26. The zero-order chi connectivity index (χ0) is 11.4. The highest BCUT2D eigenvalue weighted by atomic mass is 32.2. The summed E-state index contributed by atoms with van der Waals surface area (Å²) in [4.78, 5) is 15.4. The molecule has 0 radical (unpaired) electrons. The summed E-state index contributed by atoms with van der Waals surface area (Å²) >= 11 is 3.29. The van der Waals surface area contributed by atoms with Crippen molar-refractivity contribution in [3.8, 4) is 0 Å². The van der Waals surface area contributed by atoms with Crippen LogP contribution in [0.25, 0.3) is 0 Å². The molecule has 0 aromatic rings. The Morgan fingerprint density at radius 2 is 2.44 bits per heavy atom. The molecular formula is C10H15N3OS2. The number of amides is 1. The number of rotatable bonds is 3. The summed E-state index contributed by atoms with van der Waals surface area (Å²) in [5.74, 6) is 1.08. The van der Waals surface area contributed by atoms with Crippen LogP contribution in [0.1, 0.15) is 32.6 Å². The normalized spacial score (nSPS) is 20.3. The third-order valence-corrected chi connectivity index (χ3v) is 4.47. The summed E-state index contributed by atoms with van der Waals surface area (Å²) in [5, 5.41) is 7.10. The molecule has 0 aliphatic carbocycles. The minimum atomic E-state index is -0.0139. The summed E-state index contributed by atoms with van der Waals surface area (Å²) in [6.07, 6.45) is 3.81. The van der Waals surface area contributed by atoms with E-state index in [0.717, 1.165) is 28.3 Å². The first-order chi connectivity index (χ1) is 7.79. The van der Waals surface area contributed by atoms with Crippen molar-refractivity contribution in [2.24, 2.45) is 10.1 Å². The first-order valence-electron chi connectivity index (χ1n) is 5.58. The van der Waals surface area contributed by atoms with Crippen molar-refractivity contribution in [3.63, 3.8) is 0 Å². The quantitative estimate of drug-likeness (QED) is 0.729. The summed E-state index contributed by atoms with van der Waals surface area (Å²) < 4.78 is 1.03. The van der Waals surface area contributed by atoms with E-state index in [1.165, 1.54) is 24.6 Å². The van der Waals surface area contributed by atoms with Gasteiger partial charge in [-0.15, -0.1) is 0 Å². The molecule has 88 valence electrons. The van der Waals surface area contributed by atoms with Crippen LogP contribution in [-0.2, 0) is 4.79 Å². The number of aliphatic imine (C=N–C) groups is 1. The van der Waals surface area contributed by atoms with Gasteiger partial charge in [-0.05, 0) is 24.6 Å². The maximum absolute atomic E-state index is 11.3. The molecule has 1 amide bonds. The van der Waals surface area contributed by atoms with Crippen LogP contribution < -0.4 is 0 Å². The van der Waals surface area contributed by atoms with Crippen molar-refractivity contribution >= 4 is 39.0 Å². The standard InChI is InChI=1S/C10H15N3OS2/c1-2-3-7-15-10-12-13-6-4-5-8(14)11-9(13)16-10/h2-7H2,1H3. The van der Waals surface area contributed by atoms with Crippen LogP contribution >= 0.6 is 23.5 Å². The minimum Gasteiger partial charge on any atom is -0.273 e. The van der Waals surface area contributed by atoms with Crippen LogP contribution in [0, 0.1) is 0 Å². The lowest BCUT2D eigenvalue weighted by Gasteiger charge is -2.08. The molecule has 0 unspecified atom stereocenters. The van der Waals surface area contributed by atoms with Crippen LogP contribution in [0.4, 0.5) is 0 Å². The lowest BCUT2D eigenvalue weighted by Crippen LogP contribution is -2.18. The molecule has 0 aromatic heterocycles. The first kappa shape index (κ1) is 12.0. The molecule has 2 aliphatic heterocycles. The number of carbonyl (C=O) groups excluding carboxylic acids is 1. The Labute approximate surface area is 104 Å². The van der Waals surface area contributed by atoms with Gasteiger partial charge in [0.25, 0.3) is 0 Å². The van der Waals surface area contributed by atoms with Crippen LogP contribution in [0.15, 0.2) is 10.1 Å². The van der Waals surface area contributed by atoms with Gasteiger partial charge in [0.2, 0.25) is 5.91 Å². The molecule has 2 heterocycles. The SMILES string of the molecule is CCCCSC1=NN2CCCC(=O)N=C2S1. The van der Waals surface area contributed by atoms with E-state index in [9.17, 15) is 4.79 Å². The van der Waals surface area contributed by atoms with Crippen molar-refractivity contribution in [1.82, 2.24) is 5.01 Å². The molecule has 2 rings (SSSR count). The van der Waals surface area contributed by atoms with E-state index in [-0.39, 0.29) is 5.91 Å². The highest BCUT2D eigenvalue weighted by Crippen LogP contribution is 2.30. The number of thioether (sulfide) groups is 2. The van der Waals surface area contributed by atoms with E-state index in [2.05, 4.69) is 17.0 Å². The van der Waals surface area contributed by atoms with Gasteiger partial charge in [0.15, 0.2) is 9.54 Å². The van der Waals surface area contributed by atoms with Gasteiger partial charge in [-0.25, -0.2) is 5.01 Å². The number of hydrazone groups is 1. The number of hydrogen-bond acceptors (Lipinski definition) is 5. The second kappa shape index (κ2) is 5.72. The highest BCUT2D eigenvalue weighted by molar-refractivity contribution is 8.45. The maximum atomic E-state index is 11.3. The number of nitrogens with zero attached hydrogens (tertiary/aromatic N) is 3. The number of unbranched alkanes of at least 4 members (excludes halogenated alkanes) is 1. The monoisotopic (exact) mass is 257 g/mol. The zero-order valence-corrected chi connectivity index (χ0v) is 10.9.